The number of carboxylic acids is 1. The van der Waals surface area contributed by atoms with Gasteiger partial charge in [-0.3, -0.25) is 9.59 Å². The van der Waals surface area contributed by atoms with Crippen molar-refractivity contribution in [3.8, 4) is 0 Å². The summed E-state index contributed by atoms with van der Waals surface area (Å²) >= 11 is 0. The van der Waals surface area contributed by atoms with Crippen LogP contribution in [0.1, 0.15) is 39.0 Å². The third-order valence-electron chi connectivity index (χ3n) is 5.69. The number of carboxylic acid groups (broad SMARTS) is 1. The molecule has 1 unspecified atom stereocenters. The number of hydrogen-bond acceptors (Lipinski definition) is 4. The summed E-state index contributed by atoms with van der Waals surface area (Å²) in [6.45, 7) is 4.16. The molecule has 0 aromatic rings. The molecule has 7 nitrogen and oxygen atoms in total. The topological polar surface area (TPSA) is 90.0 Å². The standard InChI is InChI=1S/C16H25N3O4/c1-11(20)19-10-16(9-13(19)15(22)23)4-7-18(8-5-16)14(21)12-3-2-6-17-12/h12-13,17H,2-10H2,1H3,(H,22,23)/t12-,13?/m0/s1. The number of nitrogens with zero attached hydrogens (tertiary/aromatic N) is 2. The fraction of sp³-hybridized carbons (Fsp3) is 0.812. The highest BCUT2D eigenvalue weighted by molar-refractivity contribution is 5.83. The van der Waals surface area contributed by atoms with Crippen LogP contribution in [0.25, 0.3) is 0 Å². The van der Waals surface area contributed by atoms with Crippen LogP contribution >= 0.6 is 0 Å². The Morgan fingerprint density at radius 1 is 1.22 bits per heavy atom. The molecule has 1 spiro atoms. The Kier molecular flexibility index (Phi) is 4.31. The number of amides is 2. The lowest BCUT2D eigenvalue weighted by molar-refractivity contribution is -0.147. The highest BCUT2D eigenvalue weighted by Crippen LogP contribution is 2.43. The van der Waals surface area contributed by atoms with Crippen molar-refractivity contribution >= 4 is 17.8 Å². The molecular weight excluding hydrogens is 298 g/mol. The number of rotatable bonds is 2. The van der Waals surface area contributed by atoms with Crippen LogP contribution in [0.4, 0.5) is 0 Å². The monoisotopic (exact) mass is 323 g/mol. The van der Waals surface area contributed by atoms with Crippen molar-refractivity contribution in [1.29, 1.82) is 0 Å². The molecule has 3 fully saturated rings. The summed E-state index contributed by atoms with van der Waals surface area (Å²) in [5, 5.41) is 12.6. The van der Waals surface area contributed by atoms with Gasteiger partial charge in [-0.2, -0.15) is 0 Å². The Morgan fingerprint density at radius 3 is 2.39 bits per heavy atom. The minimum Gasteiger partial charge on any atom is -0.480 e. The molecular formula is C16H25N3O4. The van der Waals surface area contributed by atoms with Gasteiger partial charge >= 0.3 is 5.97 Å². The quantitative estimate of drug-likeness (QED) is 0.749. The number of likely N-dealkylation sites (tertiary alicyclic amines) is 2. The van der Waals surface area contributed by atoms with Crippen LogP contribution in [0.15, 0.2) is 0 Å². The predicted molar refractivity (Wildman–Crippen MR) is 82.7 cm³/mol. The number of aliphatic carboxylic acids is 1. The van der Waals surface area contributed by atoms with Gasteiger partial charge < -0.3 is 20.2 Å². The van der Waals surface area contributed by atoms with E-state index in [1.807, 2.05) is 4.90 Å². The lowest BCUT2D eigenvalue weighted by Gasteiger charge is -2.40. The van der Waals surface area contributed by atoms with E-state index in [0.29, 0.717) is 26.1 Å². The predicted octanol–water partition coefficient (Wildman–Crippen LogP) is 0.0526. The summed E-state index contributed by atoms with van der Waals surface area (Å²) in [5.41, 5.74) is -0.144. The van der Waals surface area contributed by atoms with Crippen LogP contribution in [0.5, 0.6) is 0 Å². The number of hydrogen-bond donors (Lipinski definition) is 2. The van der Waals surface area contributed by atoms with Gasteiger partial charge in [-0.15, -0.1) is 0 Å². The van der Waals surface area contributed by atoms with Gasteiger partial charge in [0.1, 0.15) is 6.04 Å². The fourth-order valence-electron chi connectivity index (χ4n) is 4.29. The first-order valence-corrected chi connectivity index (χ1v) is 8.44. The van der Waals surface area contributed by atoms with Gasteiger partial charge in [-0.25, -0.2) is 4.79 Å². The Hall–Kier alpha value is -1.63. The molecule has 3 rings (SSSR count). The van der Waals surface area contributed by atoms with Gasteiger partial charge in [0.05, 0.1) is 6.04 Å². The van der Waals surface area contributed by atoms with Crippen LogP contribution < -0.4 is 5.32 Å². The molecule has 3 aliphatic heterocycles. The normalized spacial score (nSPS) is 30.0. The molecule has 7 heteroatoms. The second kappa shape index (κ2) is 6.11. The smallest absolute Gasteiger partial charge is 0.326 e. The van der Waals surface area contributed by atoms with Crippen LogP contribution in [0.3, 0.4) is 0 Å². The average molecular weight is 323 g/mol. The summed E-state index contributed by atoms with van der Waals surface area (Å²) in [4.78, 5) is 39.0. The first-order valence-electron chi connectivity index (χ1n) is 8.44. The van der Waals surface area contributed by atoms with Crippen molar-refractivity contribution in [2.45, 2.75) is 51.1 Å². The molecule has 0 bridgehead atoms. The second-order valence-corrected chi connectivity index (χ2v) is 7.18. The maximum absolute atomic E-state index is 12.5. The number of carbonyl (C=O) groups excluding carboxylic acids is 2. The zero-order chi connectivity index (χ0) is 16.6. The highest BCUT2D eigenvalue weighted by Gasteiger charge is 2.49. The molecule has 0 saturated carbocycles. The zero-order valence-electron chi connectivity index (χ0n) is 13.6. The fourth-order valence-corrected chi connectivity index (χ4v) is 4.29. The third-order valence-corrected chi connectivity index (χ3v) is 5.69. The molecule has 128 valence electrons. The molecule has 3 heterocycles. The molecule has 0 aliphatic carbocycles. The Labute approximate surface area is 136 Å². The first kappa shape index (κ1) is 16.2. The summed E-state index contributed by atoms with van der Waals surface area (Å²) in [5.74, 6) is -0.928. The van der Waals surface area contributed by atoms with Crippen LogP contribution in [-0.2, 0) is 14.4 Å². The van der Waals surface area contributed by atoms with E-state index < -0.39 is 12.0 Å². The zero-order valence-corrected chi connectivity index (χ0v) is 13.6. The van der Waals surface area contributed by atoms with Crippen molar-refractivity contribution in [1.82, 2.24) is 15.1 Å². The summed E-state index contributed by atoms with van der Waals surface area (Å²) in [6, 6.07) is -0.764. The van der Waals surface area contributed by atoms with E-state index in [-0.39, 0.29) is 23.3 Å². The molecule has 2 amide bonds. The van der Waals surface area contributed by atoms with E-state index >= 15 is 0 Å². The van der Waals surface area contributed by atoms with Gasteiger partial charge in [-0.1, -0.05) is 0 Å². The van der Waals surface area contributed by atoms with Gasteiger partial charge in [0.2, 0.25) is 11.8 Å². The van der Waals surface area contributed by atoms with Crippen molar-refractivity contribution in [3.63, 3.8) is 0 Å². The molecule has 0 radical (unpaired) electrons. The number of piperidine rings is 1. The maximum atomic E-state index is 12.5. The minimum atomic E-state index is -0.925. The summed E-state index contributed by atoms with van der Waals surface area (Å²) in [6.07, 6.45) is 4.01. The summed E-state index contributed by atoms with van der Waals surface area (Å²) < 4.78 is 0. The van der Waals surface area contributed by atoms with Crippen LogP contribution in [-0.4, -0.2) is 71.0 Å². The highest BCUT2D eigenvalue weighted by atomic mass is 16.4. The van der Waals surface area contributed by atoms with E-state index in [4.69, 9.17) is 0 Å². The lowest BCUT2D eigenvalue weighted by Crippen LogP contribution is -2.49. The van der Waals surface area contributed by atoms with Crippen LogP contribution in [0, 0.1) is 5.41 Å². The van der Waals surface area contributed by atoms with Gasteiger partial charge in [0.15, 0.2) is 0 Å². The van der Waals surface area contributed by atoms with E-state index in [9.17, 15) is 19.5 Å². The number of nitrogens with one attached hydrogen (secondary N) is 1. The molecule has 3 saturated heterocycles. The van der Waals surface area contributed by atoms with Crippen molar-refractivity contribution in [2.75, 3.05) is 26.2 Å². The minimum absolute atomic E-state index is 0.0480. The molecule has 2 atom stereocenters. The van der Waals surface area contributed by atoms with E-state index in [2.05, 4.69) is 5.32 Å². The second-order valence-electron chi connectivity index (χ2n) is 7.18. The van der Waals surface area contributed by atoms with Crippen molar-refractivity contribution < 1.29 is 19.5 Å². The van der Waals surface area contributed by atoms with Gasteiger partial charge in [0, 0.05) is 26.6 Å². The lowest BCUT2D eigenvalue weighted by atomic mass is 9.76. The number of carbonyl (C=O) groups is 3. The molecule has 0 aromatic carbocycles. The molecule has 23 heavy (non-hydrogen) atoms. The first-order chi connectivity index (χ1) is 10.9. The van der Waals surface area contributed by atoms with Crippen LogP contribution in [0.2, 0.25) is 0 Å². The average Bonchev–Trinajstić information content (AvgIpc) is 3.15. The van der Waals surface area contributed by atoms with E-state index in [1.165, 1.54) is 11.8 Å². The third kappa shape index (κ3) is 3.06. The van der Waals surface area contributed by atoms with E-state index in [0.717, 1.165) is 32.2 Å². The van der Waals surface area contributed by atoms with Gasteiger partial charge in [0.25, 0.3) is 0 Å². The van der Waals surface area contributed by atoms with Gasteiger partial charge in [-0.05, 0) is 44.1 Å². The Morgan fingerprint density at radius 2 is 1.91 bits per heavy atom. The Bertz CT molecular complexity index is 483. The van der Waals surface area contributed by atoms with Crippen molar-refractivity contribution in [3.05, 3.63) is 0 Å². The van der Waals surface area contributed by atoms with Crippen molar-refractivity contribution in [2.24, 2.45) is 5.41 Å². The Balaban J connectivity index is 1.62. The molecule has 2 N–H and O–H groups in total. The molecule has 0 aromatic heterocycles. The SMILES string of the molecule is CC(=O)N1CC2(CCN(C(=O)[C@@H]3CCCN3)CC2)CC1C(=O)O. The largest absolute Gasteiger partial charge is 0.480 e. The summed E-state index contributed by atoms with van der Waals surface area (Å²) in [7, 11) is 0. The maximum Gasteiger partial charge on any atom is 0.326 e. The molecule has 3 aliphatic rings. The van der Waals surface area contributed by atoms with E-state index in [1.54, 1.807) is 0 Å².